The summed E-state index contributed by atoms with van der Waals surface area (Å²) in [5.74, 6) is 4.49. The van der Waals surface area contributed by atoms with Gasteiger partial charge in [0.25, 0.3) is 5.91 Å². The van der Waals surface area contributed by atoms with Crippen molar-refractivity contribution in [3.05, 3.63) is 41.0 Å². The Balaban J connectivity index is 1.27. The molecule has 6 rings (SSSR count). The summed E-state index contributed by atoms with van der Waals surface area (Å²) in [6.45, 7) is 0. The van der Waals surface area contributed by atoms with Crippen LogP contribution in [0.1, 0.15) is 37.9 Å². The van der Waals surface area contributed by atoms with Crippen LogP contribution in [0, 0.1) is 23.7 Å². The highest BCUT2D eigenvalue weighted by atomic mass is 32.1. The minimum atomic E-state index is -0.129. The maximum absolute atomic E-state index is 12.8. The van der Waals surface area contributed by atoms with Gasteiger partial charge in [0, 0.05) is 11.6 Å². The van der Waals surface area contributed by atoms with Gasteiger partial charge in [-0.3, -0.25) is 4.79 Å². The normalized spacial score (nSPS) is 29.8. The van der Waals surface area contributed by atoms with Crippen LogP contribution in [0.3, 0.4) is 0 Å². The van der Waals surface area contributed by atoms with E-state index in [4.69, 9.17) is 9.15 Å². The number of phenolic OH excluding ortho intramolecular Hbond substituents is 1. The SMILES string of the molecule is COc1ccc(-c2ccc(/C=C(\S)C(=O)NC3C4CC5CC(C4)CC3C5)o2)cc1O. The molecule has 1 heterocycles. The van der Waals surface area contributed by atoms with Crippen LogP contribution in [0.2, 0.25) is 0 Å². The number of furan rings is 1. The summed E-state index contributed by atoms with van der Waals surface area (Å²) >= 11 is 4.44. The molecule has 0 spiro atoms. The molecule has 4 fully saturated rings. The molecule has 5 nitrogen and oxygen atoms in total. The highest BCUT2D eigenvalue weighted by Crippen LogP contribution is 2.53. The van der Waals surface area contributed by atoms with E-state index < -0.39 is 0 Å². The summed E-state index contributed by atoms with van der Waals surface area (Å²) < 4.78 is 10.9. The van der Waals surface area contributed by atoms with Gasteiger partial charge < -0.3 is 19.6 Å². The second kappa shape index (κ2) is 7.73. The van der Waals surface area contributed by atoms with Crippen molar-refractivity contribution in [2.45, 2.75) is 38.1 Å². The summed E-state index contributed by atoms with van der Waals surface area (Å²) in [4.78, 5) is 13.1. The first-order valence-electron chi connectivity index (χ1n) is 10.7. The standard InChI is InChI=1S/C24H27NO4S/c1-28-21-4-2-15(11-19(21)26)20-5-3-18(29-20)12-22(30)24(27)25-23-16-7-13-6-14(9-16)10-17(23)8-13/h2-5,11-14,16-17,23,26,30H,6-10H2,1H3,(H,25,27)/b22-12-. The Morgan fingerprint density at radius 1 is 1.13 bits per heavy atom. The molecule has 0 atom stereocenters. The van der Waals surface area contributed by atoms with Crippen LogP contribution in [0.15, 0.2) is 39.7 Å². The van der Waals surface area contributed by atoms with Gasteiger partial charge in [0.2, 0.25) is 0 Å². The number of benzene rings is 1. The number of phenols is 1. The summed E-state index contributed by atoms with van der Waals surface area (Å²) in [6.07, 6.45) is 8.11. The predicted octanol–water partition coefficient (Wildman–Crippen LogP) is 4.87. The molecular weight excluding hydrogens is 398 g/mol. The third kappa shape index (κ3) is 3.62. The molecule has 2 N–H and O–H groups in total. The third-order valence-corrected chi connectivity index (χ3v) is 7.46. The molecule has 4 bridgehead atoms. The first-order valence-corrected chi connectivity index (χ1v) is 11.1. The van der Waals surface area contributed by atoms with E-state index in [-0.39, 0.29) is 17.7 Å². The molecule has 0 radical (unpaired) electrons. The minimum Gasteiger partial charge on any atom is -0.504 e. The lowest BCUT2D eigenvalue weighted by atomic mass is 9.54. The summed E-state index contributed by atoms with van der Waals surface area (Å²) in [5.41, 5.74) is 0.728. The topological polar surface area (TPSA) is 71.7 Å². The Morgan fingerprint density at radius 3 is 2.47 bits per heavy atom. The number of hydrogen-bond donors (Lipinski definition) is 3. The molecule has 30 heavy (non-hydrogen) atoms. The largest absolute Gasteiger partial charge is 0.504 e. The van der Waals surface area contributed by atoms with Crippen molar-refractivity contribution in [1.29, 1.82) is 0 Å². The average molecular weight is 426 g/mol. The van der Waals surface area contributed by atoms with Crippen LogP contribution in [-0.2, 0) is 4.79 Å². The van der Waals surface area contributed by atoms with Crippen molar-refractivity contribution in [2.24, 2.45) is 23.7 Å². The Labute approximate surface area is 181 Å². The van der Waals surface area contributed by atoms with E-state index in [1.165, 1.54) is 39.2 Å². The summed E-state index contributed by atoms with van der Waals surface area (Å²) in [5, 5.41) is 13.2. The Hall–Kier alpha value is -2.34. The fraction of sp³-hybridized carbons (Fsp3) is 0.458. The highest BCUT2D eigenvalue weighted by Gasteiger charge is 2.48. The van der Waals surface area contributed by atoms with Crippen molar-refractivity contribution >= 4 is 24.6 Å². The fourth-order valence-corrected chi connectivity index (χ4v) is 6.21. The minimum absolute atomic E-state index is 0.0495. The lowest BCUT2D eigenvalue weighted by Crippen LogP contribution is -2.55. The van der Waals surface area contributed by atoms with Gasteiger partial charge in [0.05, 0.1) is 12.0 Å². The summed E-state index contributed by atoms with van der Waals surface area (Å²) in [6, 6.07) is 8.98. The molecule has 0 unspecified atom stereocenters. The smallest absolute Gasteiger partial charge is 0.257 e. The first-order chi connectivity index (χ1) is 14.5. The van der Waals surface area contributed by atoms with Gasteiger partial charge in [0.15, 0.2) is 11.5 Å². The van der Waals surface area contributed by atoms with Gasteiger partial charge in [-0.05, 0) is 92.2 Å². The molecule has 4 aliphatic rings. The first kappa shape index (κ1) is 19.6. The number of rotatable bonds is 5. The zero-order valence-electron chi connectivity index (χ0n) is 17.0. The Morgan fingerprint density at radius 2 is 1.83 bits per heavy atom. The number of methoxy groups -OCH3 is 1. The fourth-order valence-electron chi connectivity index (χ4n) is 6.02. The highest BCUT2D eigenvalue weighted by molar-refractivity contribution is 7.85. The van der Waals surface area contributed by atoms with Gasteiger partial charge in [0.1, 0.15) is 11.5 Å². The predicted molar refractivity (Wildman–Crippen MR) is 118 cm³/mol. The van der Waals surface area contributed by atoms with Crippen molar-refractivity contribution in [3.8, 4) is 22.8 Å². The van der Waals surface area contributed by atoms with Crippen LogP contribution < -0.4 is 10.1 Å². The van der Waals surface area contributed by atoms with Crippen LogP contribution in [0.5, 0.6) is 11.5 Å². The Kier molecular flexibility index (Phi) is 5.05. The number of thiol groups is 1. The van der Waals surface area contributed by atoms with E-state index in [0.29, 0.717) is 34.0 Å². The van der Waals surface area contributed by atoms with Crippen molar-refractivity contribution in [3.63, 3.8) is 0 Å². The van der Waals surface area contributed by atoms with Gasteiger partial charge in [-0.25, -0.2) is 0 Å². The van der Waals surface area contributed by atoms with Crippen LogP contribution >= 0.6 is 12.6 Å². The van der Waals surface area contributed by atoms with Gasteiger partial charge in [-0.2, -0.15) is 0 Å². The molecule has 0 aliphatic heterocycles. The number of carbonyl (C=O) groups is 1. The van der Waals surface area contributed by atoms with Crippen LogP contribution in [-0.4, -0.2) is 24.2 Å². The molecule has 2 aromatic rings. The number of carbonyl (C=O) groups excluding carboxylic acids is 1. The van der Waals surface area contributed by atoms with E-state index in [2.05, 4.69) is 17.9 Å². The zero-order chi connectivity index (χ0) is 20.8. The second-order valence-corrected chi connectivity index (χ2v) is 9.53. The number of nitrogens with one attached hydrogen (secondary N) is 1. The van der Waals surface area contributed by atoms with Crippen LogP contribution in [0.25, 0.3) is 17.4 Å². The quantitative estimate of drug-likeness (QED) is 0.472. The average Bonchev–Trinajstić information content (AvgIpc) is 3.18. The monoisotopic (exact) mass is 425 g/mol. The number of hydrogen-bond acceptors (Lipinski definition) is 5. The number of amides is 1. The molecule has 1 aromatic carbocycles. The molecule has 6 heteroatoms. The zero-order valence-corrected chi connectivity index (χ0v) is 17.9. The second-order valence-electron chi connectivity index (χ2n) is 9.05. The molecule has 1 aromatic heterocycles. The molecular formula is C24H27NO4S. The lowest BCUT2D eigenvalue weighted by molar-refractivity contribution is -0.120. The lowest BCUT2D eigenvalue weighted by Gasteiger charge is -2.54. The maximum atomic E-state index is 12.8. The number of aromatic hydroxyl groups is 1. The van der Waals surface area contributed by atoms with Crippen molar-refractivity contribution in [2.75, 3.05) is 7.11 Å². The van der Waals surface area contributed by atoms with E-state index >= 15 is 0 Å². The van der Waals surface area contributed by atoms with Gasteiger partial charge >= 0.3 is 0 Å². The molecule has 4 aliphatic carbocycles. The molecule has 0 saturated heterocycles. The molecule has 158 valence electrons. The third-order valence-electron chi connectivity index (χ3n) is 7.13. The Bertz CT molecular complexity index is 967. The summed E-state index contributed by atoms with van der Waals surface area (Å²) in [7, 11) is 1.51. The van der Waals surface area contributed by atoms with Crippen molar-refractivity contribution in [1.82, 2.24) is 5.32 Å². The van der Waals surface area contributed by atoms with Crippen LogP contribution in [0.4, 0.5) is 0 Å². The van der Waals surface area contributed by atoms with E-state index in [9.17, 15) is 9.90 Å². The molecule has 4 saturated carbocycles. The maximum Gasteiger partial charge on any atom is 0.257 e. The van der Waals surface area contributed by atoms with Gasteiger partial charge in [-0.1, -0.05) is 0 Å². The molecule has 1 amide bonds. The van der Waals surface area contributed by atoms with E-state index in [1.807, 2.05) is 12.1 Å². The number of ether oxygens (including phenoxy) is 1. The van der Waals surface area contributed by atoms with E-state index in [1.54, 1.807) is 24.3 Å². The van der Waals surface area contributed by atoms with E-state index in [0.717, 1.165) is 17.4 Å². The van der Waals surface area contributed by atoms with Gasteiger partial charge in [-0.15, -0.1) is 12.6 Å². The van der Waals surface area contributed by atoms with Crippen molar-refractivity contribution < 1.29 is 19.1 Å².